The van der Waals surface area contributed by atoms with Gasteiger partial charge in [0.15, 0.2) is 0 Å². The predicted molar refractivity (Wildman–Crippen MR) is 57.7 cm³/mol. The highest BCUT2D eigenvalue weighted by Gasteiger charge is 2.10. The lowest BCUT2D eigenvalue weighted by Crippen LogP contribution is -2.23. The maximum atomic E-state index is 4.11. The molecule has 1 aromatic rings. The Morgan fingerprint density at radius 3 is 3.00 bits per heavy atom. The molecule has 0 spiro atoms. The molecule has 1 aliphatic rings. The lowest BCUT2D eigenvalue weighted by atomic mass is 10.0. The molecule has 0 fully saturated rings. The SMILES string of the molecule is Br.Brc1cncc2c1CCNC2. The van der Waals surface area contributed by atoms with E-state index in [1.165, 1.54) is 11.1 Å². The van der Waals surface area contributed by atoms with Crippen LogP contribution in [0.15, 0.2) is 16.9 Å². The largest absolute Gasteiger partial charge is 0.312 e. The molecule has 12 heavy (non-hydrogen) atoms. The van der Waals surface area contributed by atoms with Crippen LogP contribution in [0.4, 0.5) is 0 Å². The Bertz CT molecular complexity index is 276. The van der Waals surface area contributed by atoms with E-state index in [-0.39, 0.29) is 17.0 Å². The monoisotopic (exact) mass is 292 g/mol. The van der Waals surface area contributed by atoms with Gasteiger partial charge in [-0.25, -0.2) is 0 Å². The van der Waals surface area contributed by atoms with Gasteiger partial charge in [0.05, 0.1) is 0 Å². The van der Waals surface area contributed by atoms with Crippen LogP contribution in [0.2, 0.25) is 0 Å². The average molecular weight is 294 g/mol. The smallest absolute Gasteiger partial charge is 0.0413 e. The first-order valence-corrected chi connectivity index (χ1v) is 4.49. The summed E-state index contributed by atoms with van der Waals surface area (Å²) in [5.41, 5.74) is 2.74. The topological polar surface area (TPSA) is 24.9 Å². The normalized spacial score (nSPS) is 14.8. The maximum absolute atomic E-state index is 4.11. The van der Waals surface area contributed by atoms with Crippen molar-refractivity contribution in [2.45, 2.75) is 13.0 Å². The van der Waals surface area contributed by atoms with Crippen molar-refractivity contribution < 1.29 is 0 Å². The van der Waals surface area contributed by atoms with E-state index in [1.807, 2.05) is 12.4 Å². The molecule has 0 atom stereocenters. The van der Waals surface area contributed by atoms with Crippen molar-refractivity contribution in [3.8, 4) is 0 Å². The Hall–Kier alpha value is 0.0700. The number of aromatic nitrogens is 1. The van der Waals surface area contributed by atoms with E-state index < -0.39 is 0 Å². The van der Waals surface area contributed by atoms with E-state index >= 15 is 0 Å². The third-order valence-corrected chi connectivity index (χ3v) is 2.64. The molecule has 0 bridgehead atoms. The highest BCUT2D eigenvalue weighted by atomic mass is 79.9. The van der Waals surface area contributed by atoms with Crippen LogP contribution in [0, 0.1) is 0 Å². The maximum Gasteiger partial charge on any atom is 0.0413 e. The number of hydrogen-bond donors (Lipinski definition) is 1. The number of halogens is 2. The number of hydrogen-bond acceptors (Lipinski definition) is 2. The second-order valence-electron chi connectivity index (χ2n) is 2.69. The number of nitrogens with zero attached hydrogens (tertiary/aromatic N) is 1. The van der Waals surface area contributed by atoms with Gasteiger partial charge in [0.25, 0.3) is 0 Å². The van der Waals surface area contributed by atoms with Gasteiger partial charge in [0.1, 0.15) is 0 Å². The second kappa shape index (κ2) is 4.35. The fourth-order valence-electron chi connectivity index (χ4n) is 1.37. The van der Waals surface area contributed by atoms with Crippen molar-refractivity contribution in [3.05, 3.63) is 28.0 Å². The molecule has 2 nitrogen and oxygen atoms in total. The first-order chi connectivity index (χ1) is 5.38. The molecule has 0 saturated carbocycles. The van der Waals surface area contributed by atoms with E-state index in [1.54, 1.807) is 0 Å². The third-order valence-electron chi connectivity index (χ3n) is 1.96. The van der Waals surface area contributed by atoms with Crippen molar-refractivity contribution in [1.82, 2.24) is 10.3 Å². The standard InChI is InChI=1S/C8H9BrN2.BrH/c9-8-5-11-4-6-3-10-2-1-7(6)8;/h4-5,10H,1-3H2;1H. The van der Waals surface area contributed by atoms with E-state index in [2.05, 4.69) is 26.2 Å². The second-order valence-corrected chi connectivity index (χ2v) is 3.54. The van der Waals surface area contributed by atoms with Crippen LogP contribution in [0.1, 0.15) is 11.1 Å². The zero-order valence-corrected chi connectivity index (χ0v) is 9.81. The fraction of sp³-hybridized carbons (Fsp3) is 0.375. The summed E-state index contributed by atoms with van der Waals surface area (Å²) in [6.45, 7) is 2.04. The predicted octanol–water partition coefficient (Wildman–Crippen LogP) is 2.07. The van der Waals surface area contributed by atoms with Crippen molar-refractivity contribution in [2.24, 2.45) is 0 Å². The van der Waals surface area contributed by atoms with Gasteiger partial charge in [-0.15, -0.1) is 17.0 Å². The molecule has 0 radical (unpaired) electrons. The molecule has 2 heterocycles. The quantitative estimate of drug-likeness (QED) is 0.792. The Labute approximate surface area is 90.7 Å². The first kappa shape index (κ1) is 10.2. The van der Waals surface area contributed by atoms with Crippen LogP contribution in [-0.4, -0.2) is 11.5 Å². The summed E-state index contributed by atoms with van der Waals surface area (Å²) >= 11 is 3.49. The molecule has 1 aliphatic heterocycles. The van der Waals surface area contributed by atoms with E-state index in [0.717, 1.165) is 24.0 Å². The minimum absolute atomic E-state index is 0. The Morgan fingerprint density at radius 2 is 2.25 bits per heavy atom. The number of nitrogens with one attached hydrogen (secondary N) is 1. The molecule has 2 rings (SSSR count). The number of pyridine rings is 1. The molecular weight excluding hydrogens is 284 g/mol. The number of rotatable bonds is 0. The third kappa shape index (κ3) is 1.87. The molecule has 1 N–H and O–H groups in total. The van der Waals surface area contributed by atoms with Crippen molar-refractivity contribution in [1.29, 1.82) is 0 Å². The molecule has 0 amide bonds. The van der Waals surface area contributed by atoms with Gasteiger partial charge < -0.3 is 5.32 Å². The summed E-state index contributed by atoms with van der Waals surface area (Å²) in [4.78, 5) is 4.11. The summed E-state index contributed by atoms with van der Waals surface area (Å²) < 4.78 is 1.15. The van der Waals surface area contributed by atoms with Gasteiger partial charge in [-0.2, -0.15) is 0 Å². The van der Waals surface area contributed by atoms with Crippen molar-refractivity contribution in [3.63, 3.8) is 0 Å². The minimum Gasteiger partial charge on any atom is -0.312 e. The molecular formula is C8H10Br2N2. The van der Waals surface area contributed by atoms with Crippen LogP contribution < -0.4 is 5.32 Å². The highest BCUT2D eigenvalue weighted by Crippen LogP contribution is 2.21. The van der Waals surface area contributed by atoms with Gasteiger partial charge in [-0.05, 0) is 40.0 Å². The summed E-state index contributed by atoms with van der Waals surface area (Å²) in [7, 11) is 0. The molecule has 0 unspecified atom stereocenters. The summed E-state index contributed by atoms with van der Waals surface area (Å²) in [6.07, 6.45) is 4.91. The first-order valence-electron chi connectivity index (χ1n) is 3.70. The van der Waals surface area contributed by atoms with Gasteiger partial charge in [-0.1, -0.05) is 0 Å². The summed E-state index contributed by atoms with van der Waals surface area (Å²) in [5, 5.41) is 3.31. The van der Waals surface area contributed by atoms with Crippen LogP contribution >= 0.6 is 32.9 Å². The molecule has 4 heteroatoms. The van der Waals surface area contributed by atoms with Crippen molar-refractivity contribution in [2.75, 3.05) is 6.54 Å². The van der Waals surface area contributed by atoms with Gasteiger partial charge in [0, 0.05) is 23.4 Å². The van der Waals surface area contributed by atoms with Crippen LogP contribution in [0.25, 0.3) is 0 Å². The molecule has 66 valence electrons. The molecule has 1 aromatic heterocycles. The van der Waals surface area contributed by atoms with Gasteiger partial charge in [-0.3, -0.25) is 4.98 Å². The Kier molecular flexibility index (Phi) is 3.68. The average Bonchev–Trinajstić information content (AvgIpc) is 2.06. The zero-order chi connectivity index (χ0) is 7.68. The van der Waals surface area contributed by atoms with Gasteiger partial charge >= 0.3 is 0 Å². The molecule has 0 aliphatic carbocycles. The molecule has 0 saturated heterocycles. The molecule has 0 aromatic carbocycles. The van der Waals surface area contributed by atoms with Gasteiger partial charge in [0.2, 0.25) is 0 Å². The van der Waals surface area contributed by atoms with E-state index in [4.69, 9.17) is 0 Å². The summed E-state index contributed by atoms with van der Waals surface area (Å²) in [6, 6.07) is 0. The highest BCUT2D eigenvalue weighted by molar-refractivity contribution is 9.10. The van der Waals surface area contributed by atoms with Crippen LogP contribution in [0.3, 0.4) is 0 Å². The Balaban J connectivity index is 0.000000720. The number of fused-ring (bicyclic) bond motifs is 1. The Morgan fingerprint density at radius 1 is 1.42 bits per heavy atom. The fourth-order valence-corrected chi connectivity index (χ4v) is 1.94. The lowest BCUT2D eigenvalue weighted by Gasteiger charge is -2.16. The summed E-state index contributed by atoms with van der Waals surface area (Å²) in [5.74, 6) is 0. The van der Waals surface area contributed by atoms with Crippen LogP contribution in [0.5, 0.6) is 0 Å². The minimum atomic E-state index is 0. The van der Waals surface area contributed by atoms with Crippen molar-refractivity contribution >= 4 is 32.9 Å². The zero-order valence-electron chi connectivity index (χ0n) is 6.51. The van der Waals surface area contributed by atoms with E-state index in [0.29, 0.717) is 0 Å². The van der Waals surface area contributed by atoms with Crippen LogP contribution in [-0.2, 0) is 13.0 Å². The van der Waals surface area contributed by atoms with E-state index in [9.17, 15) is 0 Å². The lowest BCUT2D eigenvalue weighted by molar-refractivity contribution is 0.638.